The zero-order chi connectivity index (χ0) is 49.8. The van der Waals surface area contributed by atoms with Crippen molar-refractivity contribution in [3.63, 3.8) is 0 Å². The van der Waals surface area contributed by atoms with Crippen LogP contribution < -0.4 is 0 Å². The van der Waals surface area contributed by atoms with Gasteiger partial charge in [-0.3, -0.25) is 0 Å². The molecule has 12 aromatic carbocycles. The third-order valence-electron chi connectivity index (χ3n) is 14.7. The highest BCUT2D eigenvalue weighted by atomic mass is 32.1. The van der Waals surface area contributed by atoms with E-state index in [4.69, 9.17) is 19.9 Å². The number of nitrogens with zero attached hydrogens (tertiary/aromatic N) is 4. The van der Waals surface area contributed by atoms with Gasteiger partial charge in [0.1, 0.15) is 20.0 Å². The normalized spacial score (nSPS) is 11.9. The monoisotopic (exact) mass is 1040 g/mol. The van der Waals surface area contributed by atoms with Crippen molar-refractivity contribution in [2.75, 3.05) is 0 Å². The Bertz CT molecular complexity index is 4290. The summed E-state index contributed by atoms with van der Waals surface area (Å²) in [6, 6.07) is 83.9. The van der Waals surface area contributed by atoms with Crippen LogP contribution in [0.1, 0.15) is 0 Å². The summed E-state index contributed by atoms with van der Waals surface area (Å²) < 4.78 is 4.68. The van der Waals surface area contributed by atoms with Gasteiger partial charge in [-0.1, -0.05) is 146 Å². The van der Waals surface area contributed by atoms with Crippen LogP contribution in [-0.2, 0) is 0 Å². The zero-order valence-corrected chi connectivity index (χ0v) is 43.6. The van der Waals surface area contributed by atoms with Crippen molar-refractivity contribution in [3.05, 3.63) is 231 Å². The highest BCUT2D eigenvalue weighted by Crippen LogP contribution is 2.52. The van der Waals surface area contributed by atoms with Crippen LogP contribution in [0.2, 0.25) is 0 Å². The molecule has 16 rings (SSSR count). The Hall–Kier alpha value is -8.76. The van der Waals surface area contributed by atoms with Gasteiger partial charge in [-0.2, -0.15) is 0 Å². The molecule has 0 aliphatic heterocycles. The Kier molecular flexibility index (Phi) is 10.00. The molecule has 0 saturated heterocycles. The Labute approximate surface area is 452 Å². The fourth-order valence-electron chi connectivity index (χ4n) is 11.4. The number of thiazole rings is 4. The summed E-state index contributed by atoms with van der Waals surface area (Å²) in [5.74, 6) is 0. The van der Waals surface area contributed by atoms with Crippen molar-refractivity contribution in [1.29, 1.82) is 0 Å². The molecule has 4 heterocycles. The standard InChI is InChI=1S/C68H38N4S4/c1-5-21-49-45(17-1)61(39-33-41(65-69-53-25-9-13-29-57(53)73-65)37-42(34-39)66-70-54-26-10-14-30-58(54)74-66)46-18-2-6-22-50(46)63(49)64-51-23-7-3-19-47(51)62(48-20-4-8-24-52(48)64)40-35-43(67-71-55-27-11-15-31-59(55)75-67)38-44(36-40)68-72-56-28-12-16-32-60(56)76-68/h1-38H. The van der Waals surface area contributed by atoms with Gasteiger partial charge >= 0.3 is 0 Å². The first-order valence-electron chi connectivity index (χ1n) is 25.3. The van der Waals surface area contributed by atoms with Crippen LogP contribution in [0, 0.1) is 0 Å². The largest absolute Gasteiger partial charge is 0.236 e. The second-order valence-corrected chi connectivity index (χ2v) is 23.3. The molecule has 8 heteroatoms. The lowest BCUT2D eigenvalue weighted by molar-refractivity contribution is 1.45. The molecular formula is C68H38N4S4. The van der Waals surface area contributed by atoms with Crippen molar-refractivity contribution in [2.24, 2.45) is 0 Å². The zero-order valence-electron chi connectivity index (χ0n) is 40.4. The third kappa shape index (κ3) is 7.06. The van der Waals surface area contributed by atoms with E-state index >= 15 is 0 Å². The van der Waals surface area contributed by atoms with Gasteiger partial charge in [-0.05, 0) is 161 Å². The molecule has 76 heavy (non-hydrogen) atoms. The lowest BCUT2D eigenvalue weighted by atomic mass is 9.80. The van der Waals surface area contributed by atoms with Crippen molar-refractivity contribution in [2.45, 2.75) is 0 Å². The topological polar surface area (TPSA) is 51.6 Å². The smallest absolute Gasteiger partial charge is 0.124 e. The average Bonchev–Trinajstić information content (AvgIpc) is 4.41. The van der Waals surface area contributed by atoms with E-state index in [2.05, 4.69) is 231 Å². The van der Waals surface area contributed by atoms with E-state index in [9.17, 15) is 0 Å². The van der Waals surface area contributed by atoms with E-state index < -0.39 is 0 Å². The van der Waals surface area contributed by atoms with Crippen LogP contribution >= 0.6 is 45.3 Å². The molecule has 0 radical (unpaired) electrons. The number of aromatic nitrogens is 4. The number of fused-ring (bicyclic) bond motifs is 8. The lowest BCUT2D eigenvalue weighted by Crippen LogP contribution is -1.95. The molecule has 0 aliphatic rings. The molecule has 4 nitrogen and oxygen atoms in total. The Morgan fingerprint density at radius 3 is 0.632 bits per heavy atom. The summed E-state index contributed by atoms with van der Waals surface area (Å²) in [6.07, 6.45) is 0. The molecule has 0 aliphatic carbocycles. The molecular weight excluding hydrogens is 1000 g/mol. The minimum Gasteiger partial charge on any atom is -0.236 e. The van der Waals surface area contributed by atoms with Gasteiger partial charge in [0.15, 0.2) is 0 Å². The van der Waals surface area contributed by atoms with E-state index in [1.54, 1.807) is 45.3 Å². The molecule has 4 aromatic heterocycles. The van der Waals surface area contributed by atoms with Crippen LogP contribution in [0.4, 0.5) is 0 Å². The number of hydrogen-bond acceptors (Lipinski definition) is 8. The summed E-state index contributed by atoms with van der Waals surface area (Å²) in [6.45, 7) is 0. The summed E-state index contributed by atoms with van der Waals surface area (Å²) in [5.41, 5.74) is 15.5. The third-order valence-corrected chi connectivity index (χ3v) is 19.1. The van der Waals surface area contributed by atoms with E-state index in [1.165, 1.54) is 84.1 Å². The molecule has 16 aromatic rings. The second kappa shape index (κ2) is 17.4. The van der Waals surface area contributed by atoms with Gasteiger partial charge in [-0.25, -0.2) is 19.9 Å². The van der Waals surface area contributed by atoms with E-state index in [0.29, 0.717) is 0 Å². The van der Waals surface area contributed by atoms with Crippen molar-refractivity contribution >= 4 is 129 Å². The molecule has 0 spiro atoms. The first kappa shape index (κ1) is 43.6. The van der Waals surface area contributed by atoms with Crippen LogP contribution in [-0.4, -0.2) is 19.9 Å². The van der Waals surface area contributed by atoms with Gasteiger partial charge in [0.2, 0.25) is 0 Å². The Morgan fingerprint density at radius 1 is 0.197 bits per heavy atom. The maximum atomic E-state index is 5.21. The van der Waals surface area contributed by atoms with E-state index in [0.717, 1.165) is 75.5 Å². The summed E-state index contributed by atoms with van der Waals surface area (Å²) in [7, 11) is 0. The Balaban J connectivity index is 0.958. The summed E-state index contributed by atoms with van der Waals surface area (Å²) in [4.78, 5) is 20.9. The predicted octanol–water partition coefficient (Wildman–Crippen LogP) is 20.4. The molecule has 0 N–H and O–H groups in total. The minimum absolute atomic E-state index is 0.992. The summed E-state index contributed by atoms with van der Waals surface area (Å²) >= 11 is 6.96. The fourth-order valence-corrected chi connectivity index (χ4v) is 15.2. The van der Waals surface area contributed by atoms with Gasteiger partial charge in [0, 0.05) is 22.3 Å². The van der Waals surface area contributed by atoms with Crippen molar-refractivity contribution in [3.8, 4) is 75.7 Å². The highest BCUT2D eigenvalue weighted by molar-refractivity contribution is 7.23. The first-order chi connectivity index (χ1) is 37.6. The first-order valence-corrected chi connectivity index (χ1v) is 28.5. The number of para-hydroxylation sites is 4. The van der Waals surface area contributed by atoms with Crippen molar-refractivity contribution < 1.29 is 0 Å². The molecule has 0 unspecified atom stereocenters. The molecule has 0 saturated carbocycles. The summed E-state index contributed by atoms with van der Waals surface area (Å²) in [5, 5.41) is 13.5. The highest BCUT2D eigenvalue weighted by Gasteiger charge is 2.25. The molecule has 0 amide bonds. The van der Waals surface area contributed by atoms with Crippen LogP contribution in [0.5, 0.6) is 0 Å². The maximum Gasteiger partial charge on any atom is 0.124 e. The molecule has 0 bridgehead atoms. The van der Waals surface area contributed by atoms with Gasteiger partial charge in [0.25, 0.3) is 0 Å². The Morgan fingerprint density at radius 2 is 0.395 bits per heavy atom. The second-order valence-electron chi connectivity index (χ2n) is 19.2. The molecule has 0 atom stereocenters. The van der Waals surface area contributed by atoms with Crippen molar-refractivity contribution in [1.82, 2.24) is 19.9 Å². The van der Waals surface area contributed by atoms with Crippen LogP contribution in [0.3, 0.4) is 0 Å². The molecule has 0 fully saturated rings. The van der Waals surface area contributed by atoms with Gasteiger partial charge in [0.05, 0.1) is 40.9 Å². The number of rotatable bonds is 7. The maximum absolute atomic E-state index is 5.21. The number of hydrogen-bond donors (Lipinski definition) is 0. The van der Waals surface area contributed by atoms with E-state index in [1.807, 2.05) is 0 Å². The van der Waals surface area contributed by atoms with E-state index in [-0.39, 0.29) is 0 Å². The molecule has 354 valence electrons. The average molecular weight is 1040 g/mol. The van der Waals surface area contributed by atoms with Gasteiger partial charge in [-0.15, -0.1) is 45.3 Å². The van der Waals surface area contributed by atoms with Crippen LogP contribution in [0.25, 0.3) is 160 Å². The fraction of sp³-hybridized carbons (Fsp3) is 0. The number of benzene rings is 12. The predicted molar refractivity (Wildman–Crippen MR) is 327 cm³/mol. The SMILES string of the molecule is c1ccc2sc(-c3cc(-c4nc5ccccc5s4)cc(-c4c5ccccc5c(-c5c6ccccc6c(-c6cc(-c7nc8ccccc8s7)cc(-c7nc8ccccc8s7)c6)c6ccccc56)c5ccccc45)c3)nc2c1. The van der Waals surface area contributed by atoms with Gasteiger partial charge < -0.3 is 0 Å². The quantitative estimate of drug-likeness (QED) is 0.149. The lowest BCUT2D eigenvalue weighted by Gasteiger charge is -2.22. The van der Waals surface area contributed by atoms with Crippen LogP contribution in [0.15, 0.2) is 231 Å². The minimum atomic E-state index is 0.992.